The molecule has 160 valence electrons. The van der Waals surface area contributed by atoms with Gasteiger partial charge in [-0.05, 0) is 76.1 Å². The van der Waals surface area contributed by atoms with Crippen LogP contribution in [-0.4, -0.2) is 15.9 Å². The summed E-state index contributed by atoms with van der Waals surface area (Å²) in [5.41, 5.74) is 3.75. The quantitative estimate of drug-likeness (QED) is 0.316. The Morgan fingerprint density at radius 3 is 2.47 bits per heavy atom. The minimum atomic E-state index is -0.342. The molecule has 0 saturated heterocycles. The number of carbonyl (C=O) groups excluding carboxylic acids is 1. The Balaban J connectivity index is 1.39. The van der Waals surface area contributed by atoms with Gasteiger partial charge in [-0.3, -0.25) is 4.79 Å². The molecule has 3 aromatic carbocycles. The lowest BCUT2D eigenvalue weighted by molar-refractivity contribution is 0.0951. The van der Waals surface area contributed by atoms with Crippen LogP contribution in [0.2, 0.25) is 5.02 Å². The van der Waals surface area contributed by atoms with Crippen LogP contribution in [0.5, 0.6) is 0 Å². The maximum atomic E-state index is 13.3. The smallest absolute Gasteiger partial charge is 0.251 e. The summed E-state index contributed by atoms with van der Waals surface area (Å²) < 4.78 is 13.7. The SMILES string of the molecule is O=C(NCc1ccc(F)c(Br)c1)c1ccc(Nc2nccc(-c3ccc(Cl)cc3)n2)cc1. The van der Waals surface area contributed by atoms with Gasteiger partial charge in [-0.15, -0.1) is 0 Å². The number of aromatic nitrogens is 2. The highest BCUT2D eigenvalue weighted by Gasteiger charge is 2.08. The second kappa shape index (κ2) is 9.89. The van der Waals surface area contributed by atoms with Crippen LogP contribution in [0.25, 0.3) is 11.3 Å². The molecule has 1 heterocycles. The zero-order valence-electron chi connectivity index (χ0n) is 16.6. The lowest BCUT2D eigenvalue weighted by Gasteiger charge is -2.09. The van der Waals surface area contributed by atoms with Gasteiger partial charge in [0.05, 0.1) is 10.2 Å². The van der Waals surface area contributed by atoms with Gasteiger partial charge >= 0.3 is 0 Å². The third-order valence-electron chi connectivity index (χ3n) is 4.64. The Morgan fingerprint density at radius 1 is 1.00 bits per heavy atom. The van der Waals surface area contributed by atoms with Crippen LogP contribution >= 0.6 is 27.5 Å². The molecule has 0 spiro atoms. The predicted octanol–water partition coefficient (Wildman–Crippen LogP) is 6.37. The lowest BCUT2D eigenvalue weighted by atomic mass is 10.1. The van der Waals surface area contributed by atoms with Gasteiger partial charge in [-0.1, -0.05) is 29.8 Å². The Kier molecular flexibility index (Phi) is 6.78. The Bertz CT molecular complexity index is 1250. The van der Waals surface area contributed by atoms with Gasteiger partial charge in [-0.25, -0.2) is 14.4 Å². The summed E-state index contributed by atoms with van der Waals surface area (Å²) in [5, 5.41) is 6.63. The molecule has 0 aliphatic heterocycles. The number of halogens is 3. The normalized spacial score (nSPS) is 10.6. The third kappa shape index (κ3) is 5.49. The second-order valence-electron chi connectivity index (χ2n) is 6.91. The number of carbonyl (C=O) groups is 1. The summed E-state index contributed by atoms with van der Waals surface area (Å²) in [6.07, 6.45) is 1.68. The van der Waals surface area contributed by atoms with E-state index in [1.807, 2.05) is 30.3 Å². The molecule has 5 nitrogen and oxygen atoms in total. The van der Waals surface area contributed by atoms with Crippen molar-refractivity contribution in [3.8, 4) is 11.3 Å². The third-order valence-corrected chi connectivity index (χ3v) is 5.50. The number of benzene rings is 3. The average molecular weight is 512 g/mol. The molecular formula is C24H17BrClFN4O. The van der Waals surface area contributed by atoms with E-state index in [0.29, 0.717) is 27.6 Å². The van der Waals surface area contributed by atoms with E-state index in [1.54, 1.807) is 42.6 Å². The van der Waals surface area contributed by atoms with Crippen LogP contribution in [0.3, 0.4) is 0 Å². The monoisotopic (exact) mass is 510 g/mol. The minimum Gasteiger partial charge on any atom is -0.348 e. The van der Waals surface area contributed by atoms with Crippen molar-refractivity contribution < 1.29 is 9.18 Å². The van der Waals surface area contributed by atoms with Crippen LogP contribution in [0.4, 0.5) is 16.0 Å². The maximum Gasteiger partial charge on any atom is 0.251 e. The van der Waals surface area contributed by atoms with Crippen molar-refractivity contribution in [2.75, 3.05) is 5.32 Å². The second-order valence-corrected chi connectivity index (χ2v) is 8.20. The molecule has 4 rings (SSSR count). The van der Waals surface area contributed by atoms with Crippen molar-refractivity contribution in [2.45, 2.75) is 6.54 Å². The van der Waals surface area contributed by atoms with Crippen molar-refractivity contribution >= 4 is 45.1 Å². The largest absolute Gasteiger partial charge is 0.348 e. The van der Waals surface area contributed by atoms with E-state index < -0.39 is 0 Å². The zero-order chi connectivity index (χ0) is 22.5. The van der Waals surface area contributed by atoms with E-state index in [2.05, 4.69) is 36.5 Å². The van der Waals surface area contributed by atoms with E-state index in [9.17, 15) is 9.18 Å². The first kappa shape index (κ1) is 21.9. The van der Waals surface area contributed by atoms with Crippen molar-refractivity contribution in [3.63, 3.8) is 0 Å². The van der Waals surface area contributed by atoms with Gasteiger partial charge in [0.15, 0.2) is 0 Å². The van der Waals surface area contributed by atoms with E-state index in [1.165, 1.54) is 6.07 Å². The van der Waals surface area contributed by atoms with Crippen LogP contribution in [-0.2, 0) is 6.54 Å². The molecule has 0 aliphatic carbocycles. The first-order chi connectivity index (χ1) is 15.5. The van der Waals surface area contributed by atoms with Gasteiger partial charge < -0.3 is 10.6 Å². The fourth-order valence-corrected chi connectivity index (χ4v) is 3.52. The Morgan fingerprint density at radius 2 is 1.75 bits per heavy atom. The van der Waals surface area contributed by atoms with Crippen LogP contribution < -0.4 is 10.6 Å². The van der Waals surface area contributed by atoms with Gasteiger partial charge in [-0.2, -0.15) is 0 Å². The molecule has 0 radical (unpaired) electrons. The van der Waals surface area contributed by atoms with Crippen LogP contribution in [0.1, 0.15) is 15.9 Å². The molecule has 1 amide bonds. The zero-order valence-corrected chi connectivity index (χ0v) is 19.0. The highest BCUT2D eigenvalue weighted by Crippen LogP contribution is 2.22. The molecule has 0 unspecified atom stereocenters. The predicted molar refractivity (Wildman–Crippen MR) is 127 cm³/mol. The highest BCUT2D eigenvalue weighted by molar-refractivity contribution is 9.10. The van der Waals surface area contributed by atoms with Crippen molar-refractivity contribution in [1.29, 1.82) is 0 Å². The molecule has 0 fully saturated rings. The standard InChI is InChI=1S/C24H17BrClFN4O/c25-20-13-15(1-10-21(20)27)14-29-23(32)17-4-8-19(9-5-17)30-24-28-12-11-22(31-24)16-2-6-18(26)7-3-16/h1-13H,14H2,(H,29,32)(H,28,30,31). The summed E-state index contributed by atoms with van der Waals surface area (Å²) in [7, 11) is 0. The van der Waals surface area contributed by atoms with Crippen molar-refractivity contribution in [1.82, 2.24) is 15.3 Å². The van der Waals surface area contributed by atoms with E-state index in [0.717, 1.165) is 22.5 Å². The van der Waals surface area contributed by atoms with E-state index >= 15 is 0 Å². The Labute approximate surface area is 197 Å². The molecular weight excluding hydrogens is 495 g/mol. The first-order valence-electron chi connectivity index (χ1n) is 9.66. The van der Waals surface area contributed by atoms with Crippen molar-refractivity contribution in [3.05, 3.63) is 105 Å². The van der Waals surface area contributed by atoms with E-state index in [-0.39, 0.29) is 11.7 Å². The van der Waals surface area contributed by atoms with Crippen LogP contribution in [0.15, 0.2) is 83.5 Å². The number of anilines is 2. The number of nitrogens with one attached hydrogen (secondary N) is 2. The molecule has 8 heteroatoms. The molecule has 32 heavy (non-hydrogen) atoms. The minimum absolute atomic E-state index is 0.224. The van der Waals surface area contributed by atoms with Gasteiger partial charge in [0.1, 0.15) is 5.82 Å². The number of nitrogens with zero attached hydrogens (tertiary/aromatic N) is 2. The van der Waals surface area contributed by atoms with Gasteiger partial charge in [0, 0.05) is 34.6 Å². The van der Waals surface area contributed by atoms with Gasteiger partial charge in [0.25, 0.3) is 5.91 Å². The van der Waals surface area contributed by atoms with Crippen molar-refractivity contribution in [2.24, 2.45) is 0 Å². The Hall–Kier alpha value is -3.29. The summed E-state index contributed by atoms with van der Waals surface area (Å²) in [4.78, 5) is 21.2. The van der Waals surface area contributed by atoms with E-state index in [4.69, 9.17) is 11.6 Å². The average Bonchev–Trinajstić information content (AvgIpc) is 2.81. The molecule has 1 aromatic heterocycles. The topological polar surface area (TPSA) is 66.9 Å². The summed E-state index contributed by atoms with van der Waals surface area (Å²) in [6.45, 7) is 0.295. The number of rotatable bonds is 6. The molecule has 2 N–H and O–H groups in total. The van der Waals surface area contributed by atoms with Gasteiger partial charge in [0.2, 0.25) is 5.95 Å². The lowest BCUT2D eigenvalue weighted by Crippen LogP contribution is -2.22. The fraction of sp³-hybridized carbons (Fsp3) is 0.0417. The number of hydrogen-bond acceptors (Lipinski definition) is 4. The molecule has 0 aliphatic rings. The molecule has 4 aromatic rings. The summed E-state index contributed by atoms with van der Waals surface area (Å²) >= 11 is 9.09. The first-order valence-corrected chi connectivity index (χ1v) is 10.8. The summed E-state index contributed by atoms with van der Waals surface area (Å²) in [6, 6.07) is 20.8. The molecule has 0 bridgehead atoms. The molecule has 0 saturated carbocycles. The van der Waals surface area contributed by atoms with Crippen LogP contribution in [0, 0.1) is 5.82 Å². The molecule has 0 atom stereocenters. The highest BCUT2D eigenvalue weighted by atomic mass is 79.9. The number of amides is 1. The number of hydrogen-bond donors (Lipinski definition) is 2. The summed E-state index contributed by atoms with van der Waals surface area (Å²) in [5.74, 6) is -0.125. The maximum absolute atomic E-state index is 13.3. The fourth-order valence-electron chi connectivity index (χ4n) is 2.97.